The third-order valence-corrected chi connectivity index (χ3v) is 5.32. The Morgan fingerprint density at radius 3 is 2.19 bits per heavy atom. The van der Waals surface area contributed by atoms with Crippen LogP contribution in [0.25, 0.3) is 6.08 Å². The molecule has 184 valence electrons. The van der Waals surface area contributed by atoms with Crippen molar-refractivity contribution in [2.24, 2.45) is 0 Å². The van der Waals surface area contributed by atoms with Gasteiger partial charge in [0.2, 0.25) is 0 Å². The zero-order chi connectivity index (χ0) is 25.5. The maximum Gasteiger partial charge on any atom is 0.336 e. The maximum absolute atomic E-state index is 13.4. The highest BCUT2D eigenvalue weighted by Crippen LogP contribution is 2.35. The number of imide groups is 2. The van der Waals surface area contributed by atoms with E-state index in [0.29, 0.717) is 42.6 Å². The van der Waals surface area contributed by atoms with Crippen LogP contribution >= 0.6 is 0 Å². The Morgan fingerprint density at radius 1 is 0.806 bits per heavy atom. The van der Waals surface area contributed by atoms with Gasteiger partial charge in [0.1, 0.15) is 29.4 Å². The molecule has 0 aromatic heterocycles. The summed E-state index contributed by atoms with van der Waals surface area (Å²) in [7, 11) is 0. The van der Waals surface area contributed by atoms with Crippen molar-refractivity contribution in [2.45, 2.75) is 20.5 Å². The van der Waals surface area contributed by atoms with Crippen LogP contribution in [0.4, 0.5) is 10.5 Å². The molecule has 36 heavy (non-hydrogen) atoms. The molecule has 1 saturated heterocycles. The number of nitrogens with one attached hydrogen (secondary N) is 1. The molecule has 3 aromatic carbocycles. The van der Waals surface area contributed by atoms with E-state index in [9.17, 15) is 14.4 Å². The van der Waals surface area contributed by atoms with Gasteiger partial charge < -0.3 is 14.2 Å². The van der Waals surface area contributed by atoms with Crippen molar-refractivity contribution in [2.75, 3.05) is 18.1 Å². The minimum Gasteiger partial charge on any atom is -0.494 e. The molecule has 8 nitrogen and oxygen atoms in total. The van der Waals surface area contributed by atoms with Crippen molar-refractivity contribution in [3.8, 4) is 17.2 Å². The molecule has 1 fully saturated rings. The lowest BCUT2D eigenvalue weighted by atomic mass is 10.1. The second-order valence-corrected chi connectivity index (χ2v) is 7.80. The molecule has 0 saturated carbocycles. The molecule has 1 aliphatic heterocycles. The standard InChI is InChI=1S/C28H26N2O6/c1-3-34-22-14-15-25(35-4-2)24(17-22)30-27(32)23(26(31)29-28(30)33)16-19-10-12-21(13-11-19)36-18-20-8-6-5-7-9-20/h5-17H,3-4,18H2,1-2H3,(H,29,31,33)/b23-16+. The Morgan fingerprint density at radius 2 is 1.50 bits per heavy atom. The number of barbiturate groups is 1. The molecule has 0 radical (unpaired) electrons. The van der Waals surface area contributed by atoms with E-state index in [2.05, 4.69) is 5.32 Å². The second-order valence-electron chi connectivity index (χ2n) is 7.80. The van der Waals surface area contributed by atoms with Crippen molar-refractivity contribution >= 4 is 29.6 Å². The fourth-order valence-corrected chi connectivity index (χ4v) is 3.65. The van der Waals surface area contributed by atoms with Crippen molar-refractivity contribution in [3.63, 3.8) is 0 Å². The number of hydrogen-bond acceptors (Lipinski definition) is 6. The summed E-state index contributed by atoms with van der Waals surface area (Å²) in [6, 6.07) is 20.7. The van der Waals surface area contributed by atoms with Gasteiger partial charge in [-0.15, -0.1) is 0 Å². The largest absolute Gasteiger partial charge is 0.494 e. The van der Waals surface area contributed by atoms with Crippen LogP contribution in [0.5, 0.6) is 17.2 Å². The average molecular weight is 487 g/mol. The van der Waals surface area contributed by atoms with Gasteiger partial charge in [0.15, 0.2) is 0 Å². The Labute approximate surface area is 209 Å². The Bertz CT molecular complexity index is 1290. The molecule has 1 N–H and O–H groups in total. The third kappa shape index (κ3) is 5.55. The molecular formula is C28H26N2O6. The lowest BCUT2D eigenvalue weighted by molar-refractivity contribution is -0.122. The first kappa shape index (κ1) is 24.5. The van der Waals surface area contributed by atoms with Gasteiger partial charge in [-0.2, -0.15) is 0 Å². The number of benzene rings is 3. The summed E-state index contributed by atoms with van der Waals surface area (Å²) in [4.78, 5) is 39.5. The van der Waals surface area contributed by atoms with Crippen LogP contribution < -0.4 is 24.4 Å². The number of rotatable bonds is 9. The van der Waals surface area contributed by atoms with Crippen molar-refractivity contribution in [3.05, 3.63) is 89.5 Å². The van der Waals surface area contributed by atoms with Crippen LogP contribution in [0.3, 0.4) is 0 Å². The summed E-state index contributed by atoms with van der Waals surface area (Å²) in [6.45, 7) is 4.77. The fourth-order valence-electron chi connectivity index (χ4n) is 3.65. The van der Waals surface area contributed by atoms with Crippen molar-refractivity contribution in [1.29, 1.82) is 0 Å². The zero-order valence-corrected chi connectivity index (χ0v) is 20.0. The molecule has 1 aliphatic rings. The molecule has 0 atom stereocenters. The molecule has 0 unspecified atom stereocenters. The molecule has 0 aliphatic carbocycles. The molecule has 8 heteroatoms. The van der Waals surface area contributed by atoms with E-state index >= 15 is 0 Å². The summed E-state index contributed by atoms with van der Waals surface area (Å²) in [5.41, 5.74) is 1.64. The molecule has 4 amide bonds. The summed E-state index contributed by atoms with van der Waals surface area (Å²) in [5, 5.41) is 2.24. The molecule has 0 bridgehead atoms. The van der Waals surface area contributed by atoms with E-state index in [1.807, 2.05) is 37.3 Å². The molecule has 0 spiro atoms. The van der Waals surface area contributed by atoms with Gasteiger partial charge in [-0.05, 0) is 55.3 Å². The van der Waals surface area contributed by atoms with Gasteiger partial charge in [0.25, 0.3) is 11.8 Å². The Balaban J connectivity index is 1.58. The lowest BCUT2D eigenvalue weighted by Gasteiger charge is -2.28. The second kappa shape index (κ2) is 11.2. The van der Waals surface area contributed by atoms with Crippen molar-refractivity contribution < 1.29 is 28.6 Å². The van der Waals surface area contributed by atoms with E-state index in [1.165, 1.54) is 12.1 Å². The monoisotopic (exact) mass is 486 g/mol. The zero-order valence-electron chi connectivity index (χ0n) is 20.0. The Hall–Kier alpha value is -4.59. The highest BCUT2D eigenvalue weighted by Gasteiger charge is 2.38. The number of ether oxygens (including phenoxy) is 3. The number of carbonyl (C=O) groups is 3. The molecule has 3 aromatic rings. The SMILES string of the molecule is CCOc1ccc(OCC)c(N2C(=O)NC(=O)/C(=C\c3ccc(OCc4ccccc4)cc3)C2=O)c1. The average Bonchev–Trinajstić information content (AvgIpc) is 2.88. The normalized spacial score (nSPS) is 14.6. The predicted molar refractivity (Wildman–Crippen MR) is 135 cm³/mol. The van der Waals surface area contributed by atoms with E-state index < -0.39 is 17.8 Å². The van der Waals surface area contributed by atoms with Gasteiger partial charge in [0, 0.05) is 6.07 Å². The van der Waals surface area contributed by atoms with Crippen molar-refractivity contribution in [1.82, 2.24) is 5.32 Å². The van der Waals surface area contributed by atoms with E-state index in [1.54, 1.807) is 43.3 Å². The summed E-state index contributed by atoms with van der Waals surface area (Å²) in [5.74, 6) is -0.109. The van der Waals surface area contributed by atoms with Crippen LogP contribution in [0.15, 0.2) is 78.4 Å². The van der Waals surface area contributed by atoms with E-state index in [-0.39, 0.29) is 11.3 Å². The number of urea groups is 1. The maximum atomic E-state index is 13.4. The van der Waals surface area contributed by atoms with Crippen LogP contribution in [0, 0.1) is 0 Å². The van der Waals surface area contributed by atoms with Crippen LogP contribution in [-0.2, 0) is 16.2 Å². The minimum absolute atomic E-state index is 0.184. The smallest absolute Gasteiger partial charge is 0.336 e. The first-order valence-corrected chi connectivity index (χ1v) is 11.6. The van der Waals surface area contributed by atoms with Gasteiger partial charge in [-0.3, -0.25) is 14.9 Å². The lowest BCUT2D eigenvalue weighted by Crippen LogP contribution is -2.54. The molecular weight excluding hydrogens is 460 g/mol. The first-order valence-electron chi connectivity index (χ1n) is 11.6. The summed E-state index contributed by atoms with van der Waals surface area (Å²) < 4.78 is 16.9. The fraction of sp³-hybridized carbons (Fsp3) is 0.179. The van der Waals surface area contributed by atoms with E-state index in [0.717, 1.165) is 10.5 Å². The highest BCUT2D eigenvalue weighted by molar-refractivity contribution is 6.39. The predicted octanol–water partition coefficient (Wildman–Crippen LogP) is 4.73. The van der Waals surface area contributed by atoms with Crippen LogP contribution in [-0.4, -0.2) is 31.1 Å². The van der Waals surface area contributed by atoms with E-state index in [4.69, 9.17) is 14.2 Å². The third-order valence-electron chi connectivity index (χ3n) is 5.32. The molecule has 4 rings (SSSR count). The van der Waals surface area contributed by atoms with Crippen LogP contribution in [0.2, 0.25) is 0 Å². The van der Waals surface area contributed by atoms with Gasteiger partial charge >= 0.3 is 6.03 Å². The van der Waals surface area contributed by atoms with Gasteiger partial charge in [0.05, 0.1) is 18.9 Å². The number of carbonyl (C=O) groups excluding carboxylic acids is 3. The first-order chi connectivity index (χ1) is 17.5. The quantitative estimate of drug-likeness (QED) is 0.347. The number of anilines is 1. The van der Waals surface area contributed by atoms with Gasteiger partial charge in [-0.1, -0.05) is 42.5 Å². The number of amides is 4. The highest BCUT2D eigenvalue weighted by atomic mass is 16.5. The van der Waals surface area contributed by atoms with Gasteiger partial charge in [-0.25, -0.2) is 9.69 Å². The molecule has 1 heterocycles. The minimum atomic E-state index is -0.860. The topological polar surface area (TPSA) is 94.2 Å². The summed E-state index contributed by atoms with van der Waals surface area (Å²) in [6.07, 6.45) is 1.44. The Kier molecular flexibility index (Phi) is 7.65. The van der Waals surface area contributed by atoms with Crippen LogP contribution in [0.1, 0.15) is 25.0 Å². The number of hydrogen-bond donors (Lipinski definition) is 1. The number of nitrogens with zero attached hydrogens (tertiary/aromatic N) is 1. The summed E-state index contributed by atoms with van der Waals surface area (Å²) >= 11 is 0.